The van der Waals surface area contributed by atoms with Crippen molar-refractivity contribution >= 4 is 22.2 Å². The third kappa shape index (κ3) is 6.62. The van der Waals surface area contributed by atoms with Crippen LogP contribution in [0, 0.1) is 0 Å². The number of nitrogens with zero attached hydrogens (tertiary/aromatic N) is 1. The minimum Gasteiger partial charge on any atom is -0.508 e. The van der Waals surface area contributed by atoms with Crippen LogP contribution in [0.1, 0.15) is 43.4 Å². The quantitative estimate of drug-likeness (QED) is 0.251. The summed E-state index contributed by atoms with van der Waals surface area (Å²) in [4.78, 5) is 2.43. The molecule has 0 saturated carbocycles. The van der Waals surface area contributed by atoms with Crippen LogP contribution in [0.4, 0.5) is 0 Å². The molecule has 0 radical (unpaired) electrons. The molecule has 0 aliphatic heterocycles. The number of phenols is 1. The normalized spacial score (nSPS) is 12.0. The Hall–Kier alpha value is -2.75. The van der Waals surface area contributed by atoms with Gasteiger partial charge >= 0.3 is 0 Å². The minimum atomic E-state index is 0.230. The van der Waals surface area contributed by atoms with Gasteiger partial charge in [0.1, 0.15) is 11.5 Å². The summed E-state index contributed by atoms with van der Waals surface area (Å²) in [6.45, 7) is 8.43. The molecule has 0 aromatic heterocycles. The predicted molar refractivity (Wildman–Crippen MR) is 135 cm³/mol. The van der Waals surface area contributed by atoms with Gasteiger partial charge in [0, 0.05) is 5.57 Å². The number of aromatic hydroxyl groups is 1. The van der Waals surface area contributed by atoms with Gasteiger partial charge in [0.15, 0.2) is 0 Å². The SMILES string of the molecule is CCN(CC)CCCCOc1ccc(/C(=C(\Cl)c2ccccc2)c2ccc(O)cc2)cc1. The van der Waals surface area contributed by atoms with E-state index >= 15 is 0 Å². The molecular formula is C28H32ClNO2. The molecule has 3 aromatic carbocycles. The van der Waals surface area contributed by atoms with Gasteiger partial charge in [-0.3, -0.25) is 0 Å². The lowest BCUT2D eigenvalue weighted by atomic mass is 9.95. The zero-order valence-corrected chi connectivity index (χ0v) is 19.7. The summed E-state index contributed by atoms with van der Waals surface area (Å²) in [5.74, 6) is 1.09. The first-order valence-corrected chi connectivity index (χ1v) is 11.7. The van der Waals surface area contributed by atoms with Gasteiger partial charge in [0.05, 0.1) is 11.6 Å². The molecule has 168 valence electrons. The molecule has 0 fully saturated rings. The van der Waals surface area contributed by atoms with Crippen molar-refractivity contribution in [3.8, 4) is 11.5 Å². The summed E-state index contributed by atoms with van der Waals surface area (Å²) in [6, 6.07) is 25.1. The largest absolute Gasteiger partial charge is 0.508 e. The van der Waals surface area contributed by atoms with Crippen molar-refractivity contribution in [3.05, 3.63) is 95.6 Å². The molecule has 3 aromatic rings. The molecule has 1 N–H and O–H groups in total. The lowest BCUT2D eigenvalue weighted by Gasteiger charge is -2.17. The van der Waals surface area contributed by atoms with Gasteiger partial charge in [-0.05, 0) is 73.4 Å². The van der Waals surface area contributed by atoms with E-state index in [2.05, 4.69) is 18.7 Å². The molecule has 0 heterocycles. The Bertz CT molecular complexity index is 978. The van der Waals surface area contributed by atoms with Crippen molar-refractivity contribution in [3.63, 3.8) is 0 Å². The maximum Gasteiger partial charge on any atom is 0.119 e. The van der Waals surface area contributed by atoms with Gasteiger partial charge in [-0.1, -0.05) is 80.0 Å². The zero-order chi connectivity index (χ0) is 22.8. The third-order valence-corrected chi connectivity index (χ3v) is 5.98. The Kier molecular flexibility index (Phi) is 9.21. The molecule has 0 saturated heterocycles. The number of rotatable bonds is 11. The lowest BCUT2D eigenvalue weighted by Crippen LogP contribution is -2.24. The predicted octanol–water partition coefficient (Wildman–Crippen LogP) is 7.05. The first kappa shape index (κ1) is 23.9. The molecule has 3 nitrogen and oxygen atoms in total. The topological polar surface area (TPSA) is 32.7 Å². The highest BCUT2D eigenvalue weighted by Gasteiger charge is 2.13. The molecule has 0 aliphatic rings. The Morgan fingerprint density at radius 3 is 1.97 bits per heavy atom. The van der Waals surface area contributed by atoms with Crippen LogP contribution in [-0.2, 0) is 0 Å². The van der Waals surface area contributed by atoms with Gasteiger partial charge in [-0.25, -0.2) is 0 Å². The van der Waals surface area contributed by atoms with Gasteiger partial charge in [-0.2, -0.15) is 0 Å². The summed E-state index contributed by atoms with van der Waals surface area (Å²) in [7, 11) is 0. The maximum atomic E-state index is 9.71. The van der Waals surface area contributed by atoms with E-state index in [1.54, 1.807) is 12.1 Å². The zero-order valence-electron chi connectivity index (χ0n) is 18.9. The Labute approximate surface area is 196 Å². The van der Waals surface area contributed by atoms with E-state index in [4.69, 9.17) is 16.3 Å². The molecular weight excluding hydrogens is 418 g/mol. The van der Waals surface area contributed by atoms with Crippen LogP contribution in [-0.4, -0.2) is 36.2 Å². The number of hydrogen-bond donors (Lipinski definition) is 1. The van der Waals surface area contributed by atoms with E-state index in [-0.39, 0.29) is 5.75 Å². The highest BCUT2D eigenvalue weighted by Crippen LogP contribution is 2.36. The Balaban J connectivity index is 1.74. The summed E-state index contributed by atoms with van der Waals surface area (Å²) in [6.07, 6.45) is 2.18. The second-order valence-corrected chi connectivity index (χ2v) is 8.09. The van der Waals surface area contributed by atoms with Crippen LogP contribution in [0.15, 0.2) is 78.9 Å². The molecule has 0 bridgehead atoms. The summed E-state index contributed by atoms with van der Waals surface area (Å²) < 4.78 is 5.96. The van der Waals surface area contributed by atoms with Gasteiger partial charge in [0.25, 0.3) is 0 Å². The minimum absolute atomic E-state index is 0.230. The molecule has 0 aliphatic carbocycles. The summed E-state index contributed by atoms with van der Waals surface area (Å²) >= 11 is 6.87. The van der Waals surface area contributed by atoms with Gasteiger partial charge < -0.3 is 14.7 Å². The van der Waals surface area contributed by atoms with Crippen molar-refractivity contribution in [2.45, 2.75) is 26.7 Å². The van der Waals surface area contributed by atoms with Crippen LogP contribution in [0.2, 0.25) is 0 Å². The van der Waals surface area contributed by atoms with Crippen LogP contribution < -0.4 is 4.74 Å². The Morgan fingerprint density at radius 1 is 0.781 bits per heavy atom. The first-order valence-electron chi connectivity index (χ1n) is 11.3. The highest BCUT2D eigenvalue weighted by atomic mass is 35.5. The van der Waals surface area contributed by atoms with E-state index in [1.807, 2.05) is 66.7 Å². The smallest absolute Gasteiger partial charge is 0.119 e. The summed E-state index contributed by atoms with van der Waals surface area (Å²) in [5.41, 5.74) is 3.81. The van der Waals surface area contributed by atoms with Gasteiger partial charge in [0.2, 0.25) is 0 Å². The fourth-order valence-electron chi connectivity index (χ4n) is 3.66. The van der Waals surface area contributed by atoms with Crippen molar-refractivity contribution in [2.24, 2.45) is 0 Å². The Morgan fingerprint density at radius 2 is 1.38 bits per heavy atom. The van der Waals surface area contributed by atoms with Crippen molar-refractivity contribution < 1.29 is 9.84 Å². The third-order valence-electron chi connectivity index (χ3n) is 5.58. The van der Waals surface area contributed by atoms with E-state index in [0.29, 0.717) is 11.6 Å². The second-order valence-electron chi connectivity index (χ2n) is 7.71. The number of phenolic OH excluding ortho intramolecular Hbond substituents is 1. The number of benzene rings is 3. The van der Waals surface area contributed by atoms with Crippen molar-refractivity contribution in [1.82, 2.24) is 4.90 Å². The fraction of sp³-hybridized carbons (Fsp3) is 0.286. The number of hydrogen-bond acceptors (Lipinski definition) is 3. The van der Waals surface area contributed by atoms with Crippen LogP contribution in [0.5, 0.6) is 11.5 Å². The fourth-order valence-corrected chi connectivity index (χ4v) is 4.01. The van der Waals surface area contributed by atoms with Crippen LogP contribution in [0.3, 0.4) is 0 Å². The second kappa shape index (κ2) is 12.3. The molecule has 0 spiro atoms. The van der Waals surface area contributed by atoms with E-state index in [9.17, 15) is 5.11 Å². The van der Waals surface area contributed by atoms with Crippen molar-refractivity contribution in [1.29, 1.82) is 0 Å². The number of halogens is 1. The molecule has 3 rings (SSSR count). The molecule has 0 unspecified atom stereocenters. The van der Waals surface area contributed by atoms with E-state index < -0.39 is 0 Å². The van der Waals surface area contributed by atoms with Crippen molar-refractivity contribution in [2.75, 3.05) is 26.2 Å². The highest BCUT2D eigenvalue weighted by molar-refractivity contribution is 6.53. The molecule has 0 atom stereocenters. The number of unbranched alkanes of at least 4 members (excludes halogenated alkanes) is 1. The van der Waals surface area contributed by atoms with E-state index in [1.165, 1.54) is 0 Å². The summed E-state index contributed by atoms with van der Waals surface area (Å²) in [5, 5.41) is 10.4. The molecule has 32 heavy (non-hydrogen) atoms. The van der Waals surface area contributed by atoms with Gasteiger partial charge in [-0.15, -0.1) is 0 Å². The standard InChI is InChI=1S/C28H32ClNO2/c1-3-30(4-2)20-8-9-21-32-26-18-14-23(15-19-26)27(22-12-16-25(31)17-13-22)28(29)24-10-6-5-7-11-24/h5-7,10-19,31H,3-4,8-9,20-21H2,1-2H3/b28-27-. The maximum absolute atomic E-state index is 9.71. The first-order chi connectivity index (χ1) is 15.6. The molecule has 4 heteroatoms. The monoisotopic (exact) mass is 449 g/mol. The van der Waals surface area contributed by atoms with E-state index in [0.717, 1.165) is 60.5 Å². The average Bonchev–Trinajstić information content (AvgIpc) is 2.84. The van der Waals surface area contributed by atoms with Crippen LogP contribution in [0.25, 0.3) is 10.6 Å². The van der Waals surface area contributed by atoms with Crippen LogP contribution >= 0.6 is 11.6 Å². The lowest BCUT2D eigenvalue weighted by molar-refractivity contribution is 0.266. The number of ether oxygens (including phenoxy) is 1. The molecule has 0 amide bonds. The average molecular weight is 450 g/mol.